The molecule has 1 saturated carbocycles. The van der Waals surface area contributed by atoms with E-state index in [9.17, 15) is 14.9 Å². The minimum absolute atomic E-state index is 0.0203. The molecule has 0 heterocycles. The van der Waals surface area contributed by atoms with Crippen molar-refractivity contribution in [2.45, 2.75) is 58.9 Å². The lowest BCUT2D eigenvalue weighted by molar-refractivity contribution is -0.118. The quantitative estimate of drug-likeness (QED) is 0.240. The monoisotopic (exact) mass is 631 g/mol. The van der Waals surface area contributed by atoms with Gasteiger partial charge >= 0.3 is 0 Å². The van der Waals surface area contributed by atoms with E-state index in [1.165, 1.54) is 12.5 Å². The fraction of sp³-hybridized carbons (Fsp3) is 0.393. The van der Waals surface area contributed by atoms with Gasteiger partial charge < -0.3 is 20.1 Å². The number of anilines is 1. The van der Waals surface area contributed by atoms with Crippen LogP contribution in [0, 0.1) is 25.2 Å². The van der Waals surface area contributed by atoms with Gasteiger partial charge in [0.1, 0.15) is 11.6 Å². The molecule has 7 nitrogen and oxygen atoms in total. The summed E-state index contributed by atoms with van der Waals surface area (Å²) >= 11 is 6.97. The van der Waals surface area contributed by atoms with Gasteiger partial charge in [0.2, 0.25) is 0 Å². The zero-order valence-corrected chi connectivity index (χ0v) is 24.4. The maximum atomic E-state index is 12.7. The molecule has 0 aromatic heterocycles. The van der Waals surface area contributed by atoms with E-state index in [4.69, 9.17) is 9.47 Å². The summed E-state index contributed by atoms with van der Waals surface area (Å²) in [5, 5.41) is 15.4. The maximum Gasteiger partial charge on any atom is 0.262 e. The lowest BCUT2D eigenvalue weighted by Gasteiger charge is -2.22. The van der Waals surface area contributed by atoms with E-state index in [0.29, 0.717) is 33.8 Å². The first-order valence-corrected chi connectivity index (χ1v) is 13.9. The van der Waals surface area contributed by atoms with E-state index in [-0.39, 0.29) is 30.0 Å². The minimum Gasteiger partial charge on any atom is -0.490 e. The molecule has 0 aliphatic heterocycles. The van der Waals surface area contributed by atoms with Crippen LogP contribution in [0.3, 0.4) is 0 Å². The molecule has 0 bridgehead atoms. The largest absolute Gasteiger partial charge is 0.490 e. The van der Waals surface area contributed by atoms with E-state index >= 15 is 0 Å². The first-order chi connectivity index (χ1) is 17.7. The topological polar surface area (TPSA) is 100 Å². The van der Waals surface area contributed by atoms with Gasteiger partial charge in [0.15, 0.2) is 18.1 Å². The Morgan fingerprint density at radius 2 is 1.76 bits per heavy atom. The molecule has 2 aromatic carbocycles. The maximum absolute atomic E-state index is 12.7. The highest BCUT2D eigenvalue weighted by molar-refractivity contribution is 9.11. The van der Waals surface area contributed by atoms with Crippen molar-refractivity contribution in [3.63, 3.8) is 0 Å². The SMILES string of the molecule is CCOc1cc(/C=C(/C#N)C(=O)NC2CCCCC2)cc(Br)c1OCC(=O)Nc1cc(C)c(C)cc1Br. The van der Waals surface area contributed by atoms with Crippen LogP contribution in [0.25, 0.3) is 6.08 Å². The lowest BCUT2D eigenvalue weighted by atomic mass is 9.95. The van der Waals surface area contributed by atoms with Crippen LogP contribution in [0.15, 0.2) is 38.8 Å². The third-order valence-electron chi connectivity index (χ3n) is 6.15. The number of ether oxygens (including phenoxy) is 2. The number of hydrogen-bond donors (Lipinski definition) is 2. The molecule has 2 amide bonds. The average Bonchev–Trinajstić information content (AvgIpc) is 2.86. The number of hydrogen-bond acceptors (Lipinski definition) is 5. The molecule has 0 saturated heterocycles. The Balaban J connectivity index is 1.74. The molecule has 1 aliphatic rings. The van der Waals surface area contributed by atoms with Gasteiger partial charge in [-0.2, -0.15) is 5.26 Å². The predicted octanol–water partition coefficient (Wildman–Crippen LogP) is 6.60. The van der Waals surface area contributed by atoms with Gasteiger partial charge in [-0.1, -0.05) is 19.3 Å². The van der Waals surface area contributed by atoms with E-state index < -0.39 is 0 Å². The summed E-state index contributed by atoms with van der Waals surface area (Å²) in [6.07, 6.45) is 6.75. The fourth-order valence-corrected chi connectivity index (χ4v) is 5.23. The smallest absolute Gasteiger partial charge is 0.262 e. The van der Waals surface area contributed by atoms with Gasteiger partial charge in [0, 0.05) is 10.5 Å². The summed E-state index contributed by atoms with van der Waals surface area (Å²) in [5.74, 6) is 0.0538. The van der Waals surface area contributed by atoms with E-state index in [2.05, 4.69) is 42.5 Å². The van der Waals surface area contributed by atoms with Crippen molar-refractivity contribution < 1.29 is 19.1 Å². The number of nitriles is 1. The molecular weight excluding hydrogens is 602 g/mol. The number of nitrogens with zero attached hydrogens (tertiary/aromatic N) is 1. The van der Waals surface area contributed by atoms with Crippen LogP contribution < -0.4 is 20.1 Å². The standard InChI is InChI=1S/C28H31Br2N3O4/c1-4-36-25-14-19(12-20(15-31)28(35)32-21-8-6-5-7-9-21)13-23(30)27(25)37-16-26(34)33-24-11-18(3)17(2)10-22(24)29/h10-14,21H,4-9,16H2,1-3H3,(H,32,35)(H,33,34)/b20-12-. The number of carbonyl (C=O) groups excluding carboxylic acids is 2. The normalized spacial score (nSPS) is 14.0. The molecule has 3 rings (SSSR count). The van der Waals surface area contributed by atoms with Crippen LogP contribution in [-0.2, 0) is 9.59 Å². The first-order valence-electron chi connectivity index (χ1n) is 12.3. The summed E-state index contributed by atoms with van der Waals surface area (Å²) in [7, 11) is 0. The van der Waals surface area contributed by atoms with Gasteiger partial charge in [-0.3, -0.25) is 9.59 Å². The number of benzene rings is 2. The van der Waals surface area contributed by atoms with Crippen LogP contribution in [-0.4, -0.2) is 31.1 Å². The molecule has 37 heavy (non-hydrogen) atoms. The van der Waals surface area contributed by atoms with Gasteiger partial charge in [-0.05, 0) is 113 Å². The third-order valence-corrected chi connectivity index (χ3v) is 7.40. The van der Waals surface area contributed by atoms with Gasteiger partial charge in [-0.25, -0.2) is 0 Å². The Hall–Kier alpha value is -2.83. The Morgan fingerprint density at radius 1 is 1.05 bits per heavy atom. The molecule has 0 spiro atoms. The zero-order chi connectivity index (χ0) is 26.9. The molecule has 0 radical (unpaired) electrons. The third kappa shape index (κ3) is 8.08. The number of amides is 2. The summed E-state index contributed by atoms with van der Waals surface area (Å²) in [6.45, 7) is 5.95. The van der Waals surface area contributed by atoms with Crippen LogP contribution in [0.5, 0.6) is 11.5 Å². The number of rotatable bonds is 9. The Morgan fingerprint density at radius 3 is 2.43 bits per heavy atom. The van der Waals surface area contributed by atoms with Gasteiger partial charge in [0.25, 0.3) is 11.8 Å². The van der Waals surface area contributed by atoms with Crippen molar-refractivity contribution in [2.24, 2.45) is 0 Å². The second-order valence-corrected chi connectivity index (χ2v) is 10.7. The van der Waals surface area contributed by atoms with E-state index in [0.717, 1.165) is 41.3 Å². The molecule has 0 atom stereocenters. The first kappa shape index (κ1) is 28.7. The molecule has 1 aliphatic carbocycles. The summed E-state index contributed by atoms with van der Waals surface area (Å²) in [4.78, 5) is 25.3. The van der Waals surface area contributed by atoms with Crippen LogP contribution in [0.4, 0.5) is 5.69 Å². The van der Waals surface area contributed by atoms with Crippen molar-refractivity contribution in [1.29, 1.82) is 5.26 Å². The van der Waals surface area contributed by atoms with Crippen LogP contribution in [0.2, 0.25) is 0 Å². The molecule has 196 valence electrons. The zero-order valence-electron chi connectivity index (χ0n) is 21.2. The lowest BCUT2D eigenvalue weighted by Crippen LogP contribution is -2.36. The van der Waals surface area contributed by atoms with E-state index in [1.807, 2.05) is 39.0 Å². The van der Waals surface area contributed by atoms with Crippen molar-refractivity contribution >= 4 is 55.4 Å². The van der Waals surface area contributed by atoms with Gasteiger partial charge in [0.05, 0.1) is 16.8 Å². The number of aryl methyl sites for hydroxylation is 2. The molecule has 2 N–H and O–H groups in total. The van der Waals surface area contributed by atoms with Crippen molar-refractivity contribution in [2.75, 3.05) is 18.5 Å². The second kappa shape index (κ2) is 13.6. The van der Waals surface area contributed by atoms with Crippen LogP contribution in [0.1, 0.15) is 55.7 Å². The van der Waals surface area contributed by atoms with Crippen molar-refractivity contribution in [1.82, 2.24) is 5.32 Å². The summed E-state index contributed by atoms with van der Waals surface area (Å²) in [6, 6.07) is 9.37. The molecule has 2 aromatic rings. The fourth-order valence-electron chi connectivity index (χ4n) is 4.10. The average molecular weight is 633 g/mol. The van der Waals surface area contributed by atoms with Gasteiger partial charge in [-0.15, -0.1) is 0 Å². The summed E-state index contributed by atoms with van der Waals surface area (Å²) in [5.41, 5.74) is 3.46. The minimum atomic E-state index is -0.377. The molecular formula is C28H31Br2N3O4. The highest BCUT2D eigenvalue weighted by atomic mass is 79.9. The van der Waals surface area contributed by atoms with E-state index in [1.54, 1.807) is 12.1 Å². The van der Waals surface area contributed by atoms with Crippen molar-refractivity contribution in [3.8, 4) is 17.6 Å². The Kier molecular flexibility index (Phi) is 10.6. The predicted molar refractivity (Wildman–Crippen MR) is 152 cm³/mol. The number of nitrogens with one attached hydrogen (secondary N) is 2. The Labute approximate surface area is 234 Å². The molecule has 1 fully saturated rings. The highest BCUT2D eigenvalue weighted by Gasteiger charge is 2.19. The second-order valence-electron chi connectivity index (χ2n) is 8.99. The molecule has 0 unspecified atom stereocenters. The molecule has 9 heteroatoms. The summed E-state index contributed by atoms with van der Waals surface area (Å²) < 4.78 is 12.9. The number of carbonyl (C=O) groups is 2. The highest BCUT2D eigenvalue weighted by Crippen LogP contribution is 2.37. The van der Waals surface area contributed by atoms with Crippen LogP contribution >= 0.6 is 31.9 Å². The Bertz CT molecular complexity index is 1230. The van der Waals surface area contributed by atoms with Crippen molar-refractivity contribution in [3.05, 3.63) is 55.5 Å². The number of halogens is 2.